The van der Waals surface area contributed by atoms with Gasteiger partial charge in [0.15, 0.2) is 0 Å². The molecule has 1 N–H and O–H groups in total. The van der Waals surface area contributed by atoms with E-state index in [0.717, 1.165) is 50.7 Å². The first-order valence-electron chi connectivity index (χ1n) is 11.7. The number of ether oxygens (including phenoxy) is 1. The number of benzene rings is 1. The molecule has 1 aromatic carbocycles. The average Bonchev–Trinajstić information content (AvgIpc) is 3.40. The van der Waals surface area contributed by atoms with Gasteiger partial charge in [-0.15, -0.1) is 0 Å². The van der Waals surface area contributed by atoms with Crippen LogP contribution in [0.25, 0.3) is 21.9 Å². The van der Waals surface area contributed by atoms with Gasteiger partial charge in [0, 0.05) is 73.2 Å². The fourth-order valence-corrected chi connectivity index (χ4v) is 5.15. The highest BCUT2D eigenvalue weighted by molar-refractivity contribution is 8.32. The normalized spacial score (nSPS) is 16.2. The molecule has 0 spiro atoms. The van der Waals surface area contributed by atoms with Crippen LogP contribution in [-0.2, 0) is 18.0 Å². The molecule has 4 heterocycles. The van der Waals surface area contributed by atoms with Gasteiger partial charge in [0.05, 0.1) is 6.61 Å². The predicted octanol–water partition coefficient (Wildman–Crippen LogP) is 4.51. The van der Waals surface area contributed by atoms with Gasteiger partial charge in [0.2, 0.25) is 0 Å². The van der Waals surface area contributed by atoms with Crippen LogP contribution in [0.3, 0.4) is 0 Å². The minimum absolute atomic E-state index is 0.523. The number of aromatic amines is 1. The molecular weight excluding hydrogens is 430 g/mol. The van der Waals surface area contributed by atoms with Crippen molar-refractivity contribution < 1.29 is 4.74 Å². The lowest BCUT2D eigenvalue weighted by molar-refractivity contribution is 0.0924. The molecule has 0 saturated carbocycles. The molecule has 4 aromatic rings. The molecule has 1 aliphatic heterocycles. The first-order chi connectivity index (χ1) is 16.0. The second-order valence-electron chi connectivity index (χ2n) is 9.83. The highest BCUT2D eigenvalue weighted by Crippen LogP contribution is 2.33. The van der Waals surface area contributed by atoms with E-state index in [1.165, 1.54) is 27.7 Å². The summed E-state index contributed by atoms with van der Waals surface area (Å²) in [5.74, 6) is 1.13. The van der Waals surface area contributed by atoms with Crippen LogP contribution < -0.4 is 4.90 Å². The van der Waals surface area contributed by atoms with Crippen LogP contribution in [0, 0.1) is 0 Å². The van der Waals surface area contributed by atoms with Gasteiger partial charge in [0.1, 0.15) is 12.4 Å². The number of nitrogens with one attached hydrogen (secondary N) is 1. The number of para-hydroxylation sites is 1. The second kappa shape index (κ2) is 9.41. The van der Waals surface area contributed by atoms with E-state index in [1.807, 2.05) is 6.20 Å². The zero-order valence-electron chi connectivity index (χ0n) is 20.0. The first-order valence-corrected chi connectivity index (χ1v) is 14.7. The maximum absolute atomic E-state index is 5.96. The number of hydrogen-bond acceptors (Lipinski definition) is 4. The second-order valence-corrected chi connectivity index (χ2v) is 14.4. The third-order valence-corrected chi connectivity index (χ3v) is 7.79. The maximum Gasteiger partial charge on any atom is 0.143 e. The Morgan fingerprint density at radius 2 is 1.85 bits per heavy atom. The predicted molar refractivity (Wildman–Crippen MR) is 142 cm³/mol. The fourth-order valence-electron chi connectivity index (χ4n) is 4.53. The zero-order chi connectivity index (χ0) is 22.8. The molecule has 1 fully saturated rings. The molecule has 1 saturated heterocycles. The van der Waals surface area contributed by atoms with E-state index < -0.39 is 10.0 Å². The summed E-state index contributed by atoms with van der Waals surface area (Å²) >= 11 is 0. The van der Waals surface area contributed by atoms with Crippen molar-refractivity contribution in [2.24, 2.45) is 0 Å². The van der Waals surface area contributed by atoms with Gasteiger partial charge in [0.25, 0.3) is 0 Å². The molecule has 33 heavy (non-hydrogen) atoms. The Morgan fingerprint density at radius 3 is 2.64 bits per heavy atom. The van der Waals surface area contributed by atoms with Crippen LogP contribution in [0.15, 0.2) is 54.9 Å². The lowest BCUT2D eigenvalue weighted by Gasteiger charge is -2.36. The minimum Gasteiger partial charge on any atom is -0.368 e. The molecule has 0 atom stereocenters. The molecule has 5 rings (SSSR count). The molecule has 176 valence electrons. The Labute approximate surface area is 197 Å². The molecule has 0 bridgehead atoms. The number of rotatable bonds is 8. The molecule has 1 aliphatic rings. The van der Waals surface area contributed by atoms with Crippen molar-refractivity contribution in [3.8, 4) is 0 Å². The van der Waals surface area contributed by atoms with Crippen LogP contribution in [0.4, 0.5) is 5.69 Å². The number of H-pyrrole nitrogens is 1. The summed E-state index contributed by atoms with van der Waals surface area (Å²) in [6.07, 6.45) is 11.0. The Hall–Kier alpha value is -2.48. The van der Waals surface area contributed by atoms with Gasteiger partial charge in [-0.25, -0.2) is 15.0 Å². The van der Waals surface area contributed by atoms with Gasteiger partial charge in [-0.3, -0.25) is 4.90 Å². The summed E-state index contributed by atoms with van der Waals surface area (Å²) in [6.45, 7) is 6.49. The van der Waals surface area contributed by atoms with Gasteiger partial charge in [-0.1, -0.05) is 18.2 Å². The van der Waals surface area contributed by atoms with Crippen molar-refractivity contribution in [1.29, 1.82) is 0 Å². The van der Waals surface area contributed by atoms with Crippen molar-refractivity contribution in [3.63, 3.8) is 0 Å². The number of anilines is 1. The molecule has 0 unspecified atom stereocenters. The van der Waals surface area contributed by atoms with Crippen LogP contribution in [0.1, 0.15) is 5.69 Å². The topological polar surface area (TPSA) is 49.3 Å². The van der Waals surface area contributed by atoms with E-state index in [-0.39, 0.29) is 0 Å². The smallest absolute Gasteiger partial charge is 0.143 e. The highest BCUT2D eigenvalue weighted by Gasteiger charge is 2.20. The highest BCUT2D eigenvalue weighted by atomic mass is 32.3. The van der Waals surface area contributed by atoms with Gasteiger partial charge < -0.3 is 19.2 Å². The molecule has 0 aliphatic carbocycles. The third-order valence-electron chi connectivity index (χ3n) is 6.40. The molecule has 7 heteroatoms. The largest absolute Gasteiger partial charge is 0.368 e. The maximum atomic E-state index is 5.96. The Bertz CT molecular complexity index is 1180. The molecular formula is C26H35N5OS. The number of nitrogens with zero attached hydrogens (tertiary/aromatic N) is 4. The summed E-state index contributed by atoms with van der Waals surface area (Å²) < 4.78 is 8.09. The summed E-state index contributed by atoms with van der Waals surface area (Å²) in [7, 11) is -0.523. The van der Waals surface area contributed by atoms with Crippen molar-refractivity contribution >= 4 is 37.7 Å². The number of hydrogen-bond donors (Lipinski definition) is 1. The summed E-state index contributed by atoms with van der Waals surface area (Å²) in [4.78, 5) is 13.3. The Balaban J connectivity index is 1.21. The van der Waals surface area contributed by atoms with Crippen molar-refractivity contribution in [1.82, 2.24) is 19.4 Å². The van der Waals surface area contributed by atoms with Crippen LogP contribution in [-0.4, -0.2) is 76.7 Å². The Kier molecular flexibility index (Phi) is 6.36. The molecule has 0 radical (unpaired) electrons. The average molecular weight is 466 g/mol. The minimum atomic E-state index is -0.523. The quantitative estimate of drug-likeness (QED) is 0.389. The van der Waals surface area contributed by atoms with E-state index in [1.54, 1.807) is 0 Å². The van der Waals surface area contributed by atoms with E-state index in [0.29, 0.717) is 6.73 Å². The first kappa shape index (κ1) is 22.3. The van der Waals surface area contributed by atoms with E-state index >= 15 is 0 Å². The molecule has 6 nitrogen and oxygen atoms in total. The zero-order valence-corrected chi connectivity index (χ0v) is 20.8. The van der Waals surface area contributed by atoms with Crippen molar-refractivity contribution in [2.45, 2.75) is 13.3 Å². The summed E-state index contributed by atoms with van der Waals surface area (Å²) in [5, 5.41) is 2.50. The van der Waals surface area contributed by atoms with Crippen molar-refractivity contribution in [2.75, 3.05) is 62.2 Å². The summed E-state index contributed by atoms with van der Waals surface area (Å²) in [6, 6.07) is 15.1. The monoisotopic (exact) mass is 465 g/mol. The van der Waals surface area contributed by atoms with Gasteiger partial charge >= 0.3 is 0 Å². The van der Waals surface area contributed by atoms with E-state index in [2.05, 4.69) is 91.8 Å². The lowest BCUT2D eigenvalue weighted by Crippen LogP contribution is -2.46. The lowest BCUT2D eigenvalue weighted by atomic mass is 10.2. The van der Waals surface area contributed by atoms with Gasteiger partial charge in [-0.05, 0) is 48.4 Å². The molecule has 3 aromatic heterocycles. The van der Waals surface area contributed by atoms with E-state index in [4.69, 9.17) is 4.74 Å². The third kappa shape index (κ3) is 5.21. The number of fused-ring (bicyclic) bond motifs is 2. The number of piperazine rings is 1. The molecule has 0 amide bonds. The fraction of sp³-hybridized carbons (Fsp3) is 0.423. The number of aromatic nitrogens is 3. The SMILES string of the molecule is CS(C)(C)CCOCn1ccc2c(N3CCN(Cc4cc5ccccc5[nH]4)CC3)ccnc21. The van der Waals surface area contributed by atoms with Crippen LogP contribution in [0.2, 0.25) is 0 Å². The van der Waals surface area contributed by atoms with Crippen LogP contribution >= 0.6 is 10.0 Å². The Morgan fingerprint density at radius 1 is 1.03 bits per heavy atom. The van der Waals surface area contributed by atoms with E-state index in [9.17, 15) is 0 Å². The standard InChI is InChI=1S/C26H35N5OS/c1-33(2,3)17-16-32-20-31-11-9-23-25(8-10-27-26(23)31)30-14-12-29(13-15-30)19-22-18-21-6-4-5-7-24(21)28-22/h4-11,18,28H,12-17,19-20H2,1-3H3. The van der Waals surface area contributed by atoms with Gasteiger partial charge in [-0.2, -0.15) is 0 Å². The van der Waals surface area contributed by atoms with Crippen LogP contribution in [0.5, 0.6) is 0 Å². The number of pyridine rings is 1. The summed E-state index contributed by atoms with van der Waals surface area (Å²) in [5.41, 5.74) is 4.80. The van der Waals surface area contributed by atoms with Crippen molar-refractivity contribution in [3.05, 3.63) is 60.6 Å².